The van der Waals surface area contributed by atoms with Gasteiger partial charge in [0.2, 0.25) is 0 Å². The van der Waals surface area contributed by atoms with Crippen LogP contribution in [0.25, 0.3) is 0 Å². The summed E-state index contributed by atoms with van der Waals surface area (Å²) in [5.74, 6) is 0.362. The number of ether oxygens (including phenoxy) is 2. The Kier molecular flexibility index (Phi) is 5.80. The number of hydrogen-bond donors (Lipinski definition) is 0. The van der Waals surface area contributed by atoms with Gasteiger partial charge in [0.25, 0.3) is 5.91 Å². The third-order valence-corrected chi connectivity index (χ3v) is 5.25. The second-order valence-electron chi connectivity index (χ2n) is 7.15. The molecule has 3 aromatic rings. The minimum absolute atomic E-state index is 0.0755. The fourth-order valence-electron chi connectivity index (χ4n) is 3.72. The highest BCUT2D eigenvalue weighted by Gasteiger charge is 2.27. The summed E-state index contributed by atoms with van der Waals surface area (Å²) in [6, 6.07) is 22.5. The van der Waals surface area contributed by atoms with E-state index in [1.807, 2.05) is 60.7 Å². The Balaban J connectivity index is 1.51. The summed E-state index contributed by atoms with van der Waals surface area (Å²) in [5, 5.41) is 0. The first kappa shape index (κ1) is 19.7. The molecule has 3 aromatic carbocycles. The molecule has 1 amide bonds. The van der Waals surface area contributed by atoms with Crippen LogP contribution < -0.4 is 9.64 Å². The summed E-state index contributed by atoms with van der Waals surface area (Å²) in [4.78, 5) is 27.0. The van der Waals surface area contributed by atoms with Gasteiger partial charge in [-0.3, -0.25) is 4.79 Å². The quantitative estimate of drug-likeness (QED) is 0.584. The van der Waals surface area contributed by atoms with E-state index in [0.717, 1.165) is 35.4 Å². The van der Waals surface area contributed by atoms with Crippen LogP contribution in [0.15, 0.2) is 72.8 Å². The number of methoxy groups -OCH3 is 1. The van der Waals surface area contributed by atoms with Crippen molar-refractivity contribution in [1.82, 2.24) is 0 Å². The lowest BCUT2D eigenvalue weighted by molar-refractivity contribution is 0.0599. The van der Waals surface area contributed by atoms with Crippen LogP contribution >= 0.6 is 0 Å². The van der Waals surface area contributed by atoms with Gasteiger partial charge < -0.3 is 14.4 Å². The van der Waals surface area contributed by atoms with Crippen molar-refractivity contribution in [2.75, 3.05) is 18.6 Å². The fourth-order valence-corrected chi connectivity index (χ4v) is 3.72. The Morgan fingerprint density at radius 2 is 1.70 bits per heavy atom. The molecule has 5 heteroatoms. The predicted molar refractivity (Wildman–Crippen MR) is 115 cm³/mol. The zero-order chi connectivity index (χ0) is 20.9. The fraction of sp³-hybridized carbons (Fsp3) is 0.200. The number of benzene rings is 3. The number of fused-ring (bicyclic) bond motifs is 1. The molecule has 30 heavy (non-hydrogen) atoms. The van der Waals surface area contributed by atoms with Crippen LogP contribution in [0.4, 0.5) is 5.69 Å². The lowest BCUT2D eigenvalue weighted by Gasteiger charge is -2.30. The molecule has 0 unspecified atom stereocenters. The van der Waals surface area contributed by atoms with Crippen molar-refractivity contribution in [3.05, 3.63) is 95.1 Å². The van der Waals surface area contributed by atoms with Crippen molar-refractivity contribution in [2.45, 2.75) is 19.4 Å². The van der Waals surface area contributed by atoms with Crippen LogP contribution in [0.1, 0.15) is 38.3 Å². The number of anilines is 1. The van der Waals surface area contributed by atoms with Crippen molar-refractivity contribution in [1.29, 1.82) is 0 Å². The molecule has 0 bridgehead atoms. The molecule has 0 aliphatic carbocycles. The molecule has 0 radical (unpaired) electrons. The molecule has 4 rings (SSSR count). The second-order valence-corrected chi connectivity index (χ2v) is 7.15. The van der Waals surface area contributed by atoms with Crippen molar-refractivity contribution >= 4 is 17.6 Å². The van der Waals surface area contributed by atoms with E-state index in [1.54, 1.807) is 17.0 Å². The van der Waals surface area contributed by atoms with Gasteiger partial charge in [0.15, 0.2) is 0 Å². The minimum atomic E-state index is -0.371. The van der Waals surface area contributed by atoms with E-state index in [2.05, 4.69) is 0 Å². The molecule has 1 heterocycles. The number of carbonyl (C=O) groups is 2. The van der Waals surface area contributed by atoms with E-state index in [0.29, 0.717) is 24.3 Å². The lowest BCUT2D eigenvalue weighted by atomic mass is 9.95. The molecule has 0 saturated heterocycles. The maximum Gasteiger partial charge on any atom is 0.338 e. The van der Waals surface area contributed by atoms with Crippen LogP contribution in [0.2, 0.25) is 0 Å². The van der Waals surface area contributed by atoms with Crippen molar-refractivity contribution in [2.24, 2.45) is 0 Å². The van der Waals surface area contributed by atoms with E-state index in [1.165, 1.54) is 7.11 Å². The van der Waals surface area contributed by atoms with Gasteiger partial charge in [0, 0.05) is 17.8 Å². The molecule has 0 aromatic heterocycles. The van der Waals surface area contributed by atoms with E-state index >= 15 is 0 Å². The number of hydrogen-bond acceptors (Lipinski definition) is 4. The van der Waals surface area contributed by atoms with Crippen LogP contribution in [-0.2, 0) is 17.8 Å². The lowest BCUT2D eigenvalue weighted by Crippen LogP contribution is -2.36. The molecule has 1 aliphatic rings. The molecule has 5 nitrogen and oxygen atoms in total. The molecule has 1 aliphatic heterocycles. The highest BCUT2D eigenvalue weighted by Crippen LogP contribution is 2.31. The molecular weight excluding hydrogens is 378 g/mol. The molecular formula is C25H23NO4. The maximum atomic E-state index is 13.2. The van der Waals surface area contributed by atoms with Gasteiger partial charge in [0.05, 0.1) is 12.7 Å². The third-order valence-electron chi connectivity index (χ3n) is 5.25. The van der Waals surface area contributed by atoms with Crippen molar-refractivity contribution in [3.8, 4) is 5.75 Å². The molecule has 152 valence electrons. The summed E-state index contributed by atoms with van der Waals surface area (Å²) in [7, 11) is 1.37. The smallest absolute Gasteiger partial charge is 0.338 e. The SMILES string of the molecule is COC(=O)c1cccc2c1CCCN2C(=O)c1ccc(COc2ccccc2)cc1. The van der Waals surface area contributed by atoms with Gasteiger partial charge in [-0.2, -0.15) is 0 Å². The Labute approximate surface area is 175 Å². The number of nitrogens with zero attached hydrogens (tertiary/aromatic N) is 1. The monoisotopic (exact) mass is 401 g/mol. The van der Waals surface area contributed by atoms with E-state index in [9.17, 15) is 9.59 Å². The first-order valence-corrected chi connectivity index (χ1v) is 9.96. The zero-order valence-corrected chi connectivity index (χ0v) is 16.8. The molecule has 0 spiro atoms. The summed E-state index contributed by atoms with van der Waals surface area (Å²) in [5.41, 5.74) is 3.78. The first-order valence-electron chi connectivity index (χ1n) is 9.96. The van der Waals surface area contributed by atoms with E-state index < -0.39 is 0 Å². The Hall–Kier alpha value is -3.60. The van der Waals surface area contributed by atoms with E-state index in [-0.39, 0.29) is 11.9 Å². The Morgan fingerprint density at radius 1 is 0.933 bits per heavy atom. The normalized spacial score (nSPS) is 12.8. The molecule has 0 atom stereocenters. The first-order chi connectivity index (χ1) is 14.7. The predicted octanol–water partition coefficient (Wildman–Crippen LogP) is 4.65. The standard InChI is InChI=1S/C25H23NO4/c1-29-25(28)22-9-5-11-23-21(22)10-6-16-26(23)24(27)19-14-12-18(13-15-19)17-30-20-7-3-2-4-8-20/h2-5,7-9,11-15H,6,10,16-17H2,1H3. The van der Waals surface area contributed by atoms with Gasteiger partial charge >= 0.3 is 5.97 Å². The average Bonchev–Trinajstić information content (AvgIpc) is 2.82. The zero-order valence-electron chi connectivity index (χ0n) is 16.8. The van der Waals surface area contributed by atoms with Crippen LogP contribution in [0.3, 0.4) is 0 Å². The number of esters is 1. The van der Waals surface area contributed by atoms with Gasteiger partial charge in [-0.1, -0.05) is 36.4 Å². The van der Waals surface area contributed by atoms with Crippen LogP contribution in [-0.4, -0.2) is 25.5 Å². The number of rotatable bonds is 5. The average molecular weight is 401 g/mol. The van der Waals surface area contributed by atoms with E-state index in [4.69, 9.17) is 9.47 Å². The van der Waals surface area contributed by atoms with Gasteiger partial charge in [-0.15, -0.1) is 0 Å². The molecule has 0 saturated carbocycles. The molecule has 0 N–H and O–H groups in total. The van der Waals surface area contributed by atoms with Crippen molar-refractivity contribution < 1.29 is 19.1 Å². The van der Waals surface area contributed by atoms with Gasteiger partial charge in [-0.05, 0) is 60.4 Å². The summed E-state index contributed by atoms with van der Waals surface area (Å²) >= 11 is 0. The Bertz CT molecular complexity index is 1040. The highest BCUT2D eigenvalue weighted by molar-refractivity contribution is 6.07. The number of para-hydroxylation sites is 1. The van der Waals surface area contributed by atoms with Gasteiger partial charge in [-0.25, -0.2) is 4.79 Å². The van der Waals surface area contributed by atoms with Crippen LogP contribution in [0, 0.1) is 0 Å². The highest BCUT2D eigenvalue weighted by atomic mass is 16.5. The maximum absolute atomic E-state index is 13.2. The number of amides is 1. The topological polar surface area (TPSA) is 55.8 Å². The summed E-state index contributed by atoms with van der Waals surface area (Å²) in [6.07, 6.45) is 1.55. The largest absolute Gasteiger partial charge is 0.489 e. The van der Waals surface area contributed by atoms with Crippen LogP contribution in [0.5, 0.6) is 5.75 Å². The summed E-state index contributed by atoms with van der Waals surface area (Å²) in [6.45, 7) is 1.06. The van der Waals surface area contributed by atoms with Gasteiger partial charge in [0.1, 0.15) is 12.4 Å². The minimum Gasteiger partial charge on any atom is -0.489 e. The summed E-state index contributed by atoms with van der Waals surface area (Å²) < 4.78 is 10.7. The third kappa shape index (κ3) is 4.06. The second kappa shape index (κ2) is 8.82. The van der Waals surface area contributed by atoms with Crippen molar-refractivity contribution in [3.63, 3.8) is 0 Å². The Morgan fingerprint density at radius 3 is 2.43 bits per heavy atom. The molecule has 0 fully saturated rings. The number of carbonyl (C=O) groups excluding carboxylic acids is 2.